The number of hydrogen-bond acceptors (Lipinski definition) is 3. The molecule has 1 aromatic rings. The summed E-state index contributed by atoms with van der Waals surface area (Å²) in [6.45, 7) is 3.11. The van der Waals surface area contributed by atoms with Gasteiger partial charge in [-0.3, -0.25) is 4.79 Å². The third kappa shape index (κ3) is 2.78. The number of thiocyanates is 1. The van der Waals surface area contributed by atoms with Gasteiger partial charge in [0.25, 0.3) is 5.56 Å². The molecule has 0 N–H and O–H groups in total. The third-order valence-electron chi connectivity index (χ3n) is 4.75. The first-order valence-electron chi connectivity index (χ1n) is 7.49. The molecule has 0 spiro atoms. The fourth-order valence-electron chi connectivity index (χ4n) is 3.27. The van der Waals surface area contributed by atoms with Crippen molar-refractivity contribution in [3.63, 3.8) is 0 Å². The summed E-state index contributed by atoms with van der Waals surface area (Å²) in [6, 6.07) is 1.93. The highest BCUT2D eigenvalue weighted by Gasteiger charge is 2.27. The zero-order valence-corrected chi connectivity index (χ0v) is 12.7. The van der Waals surface area contributed by atoms with Crippen LogP contribution in [0.25, 0.3) is 0 Å². The number of thioether (sulfide) groups is 1. The van der Waals surface area contributed by atoms with Crippen LogP contribution in [0.5, 0.6) is 0 Å². The number of nitriles is 1. The van der Waals surface area contributed by atoms with Crippen LogP contribution < -0.4 is 5.56 Å². The maximum absolute atomic E-state index is 12.4. The first kappa shape index (κ1) is 13.8. The fourth-order valence-corrected chi connectivity index (χ4v) is 3.77. The van der Waals surface area contributed by atoms with Crippen molar-refractivity contribution in [1.82, 2.24) is 4.57 Å². The van der Waals surface area contributed by atoms with Gasteiger partial charge in [0.05, 0.1) is 4.90 Å². The summed E-state index contributed by atoms with van der Waals surface area (Å²) in [5.74, 6) is 1.93. The van der Waals surface area contributed by atoms with Gasteiger partial charge in [-0.2, -0.15) is 5.26 Å². The van der Waals surface area contributed by atoms with Gasteiger partial charge in [-0.1, -0.05) is 19.8 Å². The van der Waals surface area contributed by atoms with Crippen molar-refractivity contribution in [2.75, 3.05) is 0 Å². The normalized spacial score (nSPS) is 25.6. The number of rotatable bonds is 4. The molecule has 0 aromatic carbocycles. The first-order chi connectivity index (χ1) is 9.69. The fraction of sp³-hybridized carbons (Fsp3) is 0.625. The van der Waals surface area contributed by atoms with E-state index in [4.69, 9.17) is 5.26 Å². The minimum Gasteiger partial charge on any atom is -0.314 e. The van der Waals surface area contributed by atoms with Crippen molar-refractivity contribution in [3.05, 3.63) is 28.2 Å². The third-order valence-corrected chi connectivity index (χ3v) is 5.35. The van der Waals surface area contributed by atoms with Crippen molar-refractivity contribution < 1.29 is 0 Å². The van der Waals surface area contributed by atoms with E-state index in [1.807, 2.05) is 22.2 Å². The van der Waals surface area contributed by atoms with Gasteiger partial charge < -0.3 is 4.57 Å². The summed E-state index contributed by atoms with van der Waals surface area (Å²) in [6.07, 6.45) is 8.27. The summed E-state index contributed by atoms with van der Waals surface area (Å²) in [5, 5.41) is 10.9. The minimum atomic E-state index is 0.0139. The summed E-state index contributed by atoms with van der Waals surface area (Å²) in [7, 11) is 0. The second-order valence-electron chi connectivity index (χ2n) is 6.23. The predicted molar refractivity (Wildman–Crippen MR) is 80.7 cm³/mol. The van der Waals surface area contributed by atoms with E-state index in [2.05, 4.69) is 6.92 Å². The average Bonchev–Trinajstić information content (AvgIpc) is 3.20. The summed E-state index contributed by atoms with van der Waals surface area (Å²) >= 11 is 1.01. The van der Waals surface area contributed by atoms with Crippen LogP contribution in [0, 0.1) is 22.5 Å². The average molecular weight is 288 g/mol. The van der Waals surface area contributed by atoms with Crippen LogP contribution in [-0.4, -0.2) is 4.57 Å². The molecule has 106 valence electrons. The molecule has 3 nitrogen and oxygen atoms in total. The Morgan fingerprint density at radius 1 is 1.40 bits per heavy atom. The minimum absolute atomic E-state index is 0.0139. The Hall–Kier alpha value is -1.21. The van der Waals surface area contributed by atoms with Crippen molar-refractivity contribution in [1.29, 1.82) is 5.26 Å². The molecule has 20 heavy (non-hydrogen) atoms. The van der Waals surface area contributed by atoms with Crippen molar-refractivity contribution in [3.8, 4) is 5.40 Å². The van der Waals surface area contributed by atoms with E-state index in [9.17, 15) is 4.79 Å². The molecular formula is C16H20N2OS. The van der Waals surface area contributed by atoms with Crippen LogP contribution in [0.2, 0.25) is 0 Å². The van der Waals surface area contributed by atoms with Gasteiger partial charge in [-0.05, 0) is 60.4 Å². The van der Waals surface area contributed by atoms with Crippen LogP contribution in [0.3, 0.4) is 0 Å². The van der Waals surface area contributed by atoms with E-state index in [-0.39, 0.29) is 5.56 Å². The van der Waals surface area contributed by atoms with Crippen molar-refractivity contribution in [2.45, 2.75) is 56.4 Å². The Labute approximate surface area is 124 Å². The molecule has 0 radical (unpaired) electrons. The molecular weight excluding hydrogens is 268 g/mol. The van der Waals surface area contributed by atoms with E-state index in [0.29, 0.717) is 22.6 Å². The molecule has 0 saturated heterocycles. The van der Waals surface area contributed by atoms with Gasteiger partial charge in [0.2, 0.25) is 0 Å². The molecule has 2 aliphatic rings. The van der Waals surface area contributed by atoms with Crippen LogP contribution in [0.1, 0.15) is 50.5 Å². The maximum Gasteiger partial charge on any atom is 0.265 e. The zero-order chi connectivity index (χ0) is 14.1. The highest BCUT2D eigenvalue weighted by atomic mass is 32.2. The van der Waals surface area contributed by atoms with Gasteiger partial charge >= 0.3 is 0 Å². The summed E-state index contributed by atoms with van der Waals surface area (Å²) in [5.41, 5.74) is 1.26. The molecule has 1 aromatic heterocycles. The SMILES string of the molecule is C[C@@H]1CCCC1Cn1cc(C2CC2)cc(SC#N)c1=O. The quantitative estimate of drug-likeness (QED) is 0.626. The van der Waals surface area contributed by atoms with Gasteiger partial charge in [0.15, 0.2) is 0 Å². The summed E-state index contributed by atoms with van der Waals surface area (Å²) < 4.78 is 1.87. The predicted octanol–water partition coefficient (Wildman–Crippen LogP) is 3.74. The molecule has 1 heterocycles. The topological polar surface area (TPSA) is 45.8 Å². The number of hydrogen-bond donors (Lipinski definition) is 0. The standard InChI is InChI=1S/C16H20N2OS/c1-11-3-2-4-13(11)8-18-9-14(12-5-6-12)7-15(16(18)19)20-10-17/h7,9,11-13H,2-6,8H2,1H3/t11-,13?/m1/s1. The van der Waals surface area contributed by atoms with E-state index in [1.54, 1.807) is 0 Å². The maximum atomic E-state index is 12.4. The van der Waals surface area contributed by atoms with E-state index in [0.717, 1.165) is 18.3 Å². The molecule has 0 bridgehead atoms. The molecule has 0 amide bonds. The van der Waals surface area contributed by atoms with E-state index in [1.165, 1.54) is 37.7 Å². The highest BCUT2D eigenvalue weighted by molar-refractivity contribution is 8.03. The second-order valence-corrected chi connectivity index (χ2v) is 7.06. The number of pyridine rings is 1. The van der Waals surface area contributed by atoms with E-state index >= 15 is 0 Å². The zero-order valence-electron chi connectivity index (χ0n) is 11.8. The van der Waals surface area contributed by atoms with Crippen LogP contribution in [0.4, 0.5) is 0 Å². The highest BCUT2D eigenvalue weighted by Crippen LogP contribution is 2.40. The lowest BCUT2D eigenvalue weighted by Crippen LogP contribution is -2.26. The van der Waals surface area contributed by atoms with Gasteiger partial charge in [0, 0.05) is 12.7 Å². The Morgan fingerprint density at radius 2 is 2.20 bits per heavy atom. The molecule has 2 saturated carbocycles. The van der Waals surface area contributed by atoms with Crippen LogP contribution in [0.15, 0.2) is 22.0 Å². The van der Waals surface area contributed by atoms with Crippen molar-refractivity contribution >= 4 is 11.8 Å². The van der Waals surface area contributed by atoms with Crippen LogP contribution in [-0.2, 0) is 6.54 Å². The molecule has 4 heteroatoms. The second kappa shape index (κ2) is 5.65. The Bertz CT molecular complexity index is 597. The molecule has 3 rings (SSSR count). The molecule has 2 aliphatic carbocycles. The van der Waals surface area contributed by atoms with Gasteiger partial charge in [-0.25, -0.2) is 0 Å². The lowest BCUT2D eigenvalue weighted by Gasteiger charge is -2.18. The van der Waals surface area contributed by atoms with Gasteiger partial charge in [-0.15, -0.1) is 0 Å². The summed E-state index contributed by atoms with van der Waals surface area (Å²) in [4.78, 5) is 13.0. The monoisotopic (exact) mass is 288 g/mol. The molecule has 2 atom stereocenters. The van der Waals surface area contributed by atoms with Crippen molar-refractivity contribution in [2.24, 2.45) is 11.8 Å². The Balaban J connectivity index is 1.91. The largest absolute Gasteiger partial charge is 0.314 e. The number of nitrogens with zero attached hydrogens (tertiary/aromatic N) is 2. The van der Waals surface area contributed by atoms with Crippen LogP contribution >= 0.6 is 11.8 Å². The van der Waals surface area contributed by atoms with Gasteiger partial charge in [0.1, 0.15) is 5.40 Å². The lowest BCUT2D eigenvalue weighted by molar-refractivity contribution is 0.357. The number of aromatic nitrogens is 1. The lowest BCUT2D eigenvalue weighted by atomic mass is 9.98. The Kier molecular flexibility index (Phi) is 3.89. The molecule has 1 unspecified atom stereocenters. The Morgan fingerprint density at radius 3 is 2.80 bits per heavy atom. The molecule has 0 aliphatic heterocycles. The first-order valence-corrected chi connectivity index (χ1v) is 8.31. The smallest absolute Gasteiger partial charge is 0.265 e. The molecule has 2 fully saturated rings. The van der Waals surface area contributed by atoms with E-state index < -0.39 is 0 Å².